The molecule has 6 heteroatoms. The largest absolute Gasteiger partial charge is 0.295 e. The third kappa shape index (κ3) is 4.54. The molecule has 0 fully saturated rings. The molecule has 0 amide bonds. The highest BCUT2D eigenvalue weighted by atomic mass is 32.2. The van der Waals surface area contributed by atoms with Crippen molar-refractivity contribution < 1.29 is 17.6 Å². The van der Waals surface area contributed by atoms with Crippen molar-refractivity contribution >= 4 is 21.5 Å². The summed E-state index contributed by atoms with van der Waals surface area (Å²) in [4.78, 5) is 12.0. The standard InChI is InChI=1S/C19H20FNO3S/c1-14(2)19(22)12-13-21(17-8-6-16(20)7-9-17)25(23,24)18-10-4-15(3)5-11-18/h4-14H,1-3H3/b13-12+. The Morgan fingerprint density at radius 2 is 1.60 bits per heavy atom. The number of nitrogens with zero attached hydrogens (tertiary/aromatic N) is 1. The molecule has 4 nitrogen and oxygen atoms in total. The van der Waals surface area contributed by atoms with Crippen molar-refractivity contribution in [2.45, 2.75) is 25.7 Å². The molecule has 0 saturated heterocycles. The van der Waals surface area contributed by atoms with Crippen molar-refractivity contribution in [3.05, 3.63) is 72.2 Å². The highest BCUT2D eigenvalue weighted by Gasteiger charge is 2.23. The topological polar surface area (TPSA) is 54.5 Å². The fraction of sp³-hybridized carbons (Fsp3) is 0.211. The van der Waals surface area contributed by atoms with Crippen LogP contribution in [-0.4, -0.2) is 14.2 Å². The number of anilines is 1. The highest BCUT2D eigenvalue weighted by molar-refractivity contribution is 7.93. The average Bonchev–Trinajstić information content (AvgIpc) is 2.56. The van der Waals surface area contributed by atoms with Gasteiger partial charge in [-0.3, -0.25) is 4.79 Å². The third-order valence-electron chi connectivity index (χ3n) is 3.60. The van der Waals surface area contributed by atoms with Gasteiger partial charge in [-0.15, -0.1) is 0 Å². The summed E-state index contributed by atoms with van der Waals surface area (Å²) in [6, 6.07) is 11.4. The molecule has 0 unspecified atom stereocenters. The number of benzene rings is 2. The Bertz CT molecular complexity index is 870. The second-order valence-electron chi connectivity index (χ2n) is 5.96. The highest BCUT2D eigenvalue weighted by Crippen LogP contribution is 2.25. The smallest absolute Gasteiger partial charge is 0.268 e. The zero-order valence-electron chi connectivity index (χ0n) is 14.3. The number of rotatable bonds is 6. The van der Waals surface area contributed by atoms with Crippen molar-refractivity contribution in [2.75, 3.05) is 4.31 Å². The first-order valence-corrected chi connectivity index (χ1v) is 9.24. The first-order valence-electron chi connectivity index (χ1n) is 7.80. The number of ketones is 1. The Labute approximate surface area is 147 Å². The SMILES string of the molecule is Cc1ccc(S(=O)(=O)N(/C=C/C(=O)C(C)C)c2ccc(F)cc2)cc1. The number of halogens is 1. The lowest BCUT2D eigenvalue weighted by Crippen LogP contribution is -2.26. The lowest BCUT2D eigenvalue weighted by molar-refractivity contribution is -0.117. The minimum atomic E-state index is -3.93. The summed E-state index contributed by atoms with van der Waals surface area (Å²) in [6.45, 7) is 5.31. The van der Waals surface area contributed by atoms with Gasteiger partial charge in [0.25, 0.3) is 10.0 Å². The lowest BCUT2D eigenvalue weighted by atomic mass is 10.1. The first-order chi connectivity index (χ1) is 11.7. The molecule has 0 aliphatic rings. The van der Waals surface area contributed by atoms with Crippen LogP contribution in [0.15, 0.2) is 65.7 Å². The molecule has 0 N–H and O–H groups in total. The van der Waals surface area contributed by atoms with E-state index in [2.05, 4.69) is 0 Å². The molecule has 0 atom stereocenters. The van der Waals surface area contributed by atoms with Crippen molar-refractivity contribution in [2.24, 2.45) is 5.92 Å². The van der Waals surface area contributed by atoms with Crippen LogP contribution in [0.25, 0.3) is 0 Å². The summed E-state index contributed by atoms with van der Waals surface area (Å²) in [5.41, 5.74) is 1.17. The van der Waals surface area contributed by atoms with Gasteiger partial charge in [-0.1, -0.05) is 31.5 Å². The van der Waals surface area contributed by atoms with E-state index in [1.54, 1.807) is 26.0 Å². The minimum Gasteiger partial charge on any atom is -0.295 e. The average molecular weight is 361 g/mol. The van der Waals surface area contributed by atoms with E-state index in [0.29, 0.717) is 0 Å². The number of hydrogen-bond donors (Lipinski definition) is 0. The van der Waals surface area contributed by atoms with Crippen LogP contribution in [0.4, 0.5) is 10.1 Å². The monoisotopic (exact) mass is 361 g/mol. The van der Waals surface area contributed by atoms with Gasteiger partial charge in [-0.2, -0.15) is 0 Å². The predicted octanol–water partition coefficient (Wildman–Crippen LogP) is 4.07. The van der Waals surface area contributed by atoms with Crippen LogP contribution < -0.4 is 4.31 Å². The number of sulfonamides is 1. The second-order valence-corrected chi connectivity index (χ2v) is 7.78. The molecule has 0 spiro atoms. The maximum Gasteiger partial charge on any atom is 0.268 e. The summed E-state index contributed by atoms with van der Waals surface area (Å²) in [7, 11) is -3.93. The molecule has 25 heavy (non-hydrogen) atoms. The van der Waals surface area contributed by atoms with Crippen molar-refractivity contribution in [3.63, 3.8) is 0 Å². The number of aryl methyl sites for hydroxylation is 1. The van der Waals surface area contributed by atoms with Crippen LogP contribution in [0.3, 0.4) is 0 Å². The number of allylic oxidation sites excluding steroid dienone is 1. The Morgan fingerprint density at radius 3 is 2.12 bits per heavy atom. The summed E-state index contributed by atoms with van der Waals surface area (Å²) in [5.74, 6) is -0.932. The number of hydrogen-bond acceptors (Lipinski definition) is 3. The summed E-state index contributed by atoms with van der Waals surface area (Å²) >= 11 is 0. The van der Waals surface area contributed by atoms with E-state index >= 15 is 0 Å². The van der Waals surface area contributed by atoms with Crippen LogP contribution in [0, 0.1) is 18.7 Å². The summed E-state index contributed by atoms with van der Waals surface area (Å²) in [6.07, 6.45) is 2.44. The molecule has 0 saturated carbocycles. The Morgan fingerprint density at radius 1 is 1.04 bits per heavy atom. The van der Waals surface area contributed by atoms with E-state index in [0.717, 1.165) is 9.87 Å². The maximum absolute atomic E-state index is 13.2. The van der Waals surface area contributed by atoms with Gasteiger partial charge in [0.2, 0.25) is 0 Å². The Balaban J connectivity index is 2.51. The molecule has 0 radical (unpaired) electrons. The molecule has 0 aliphatic heterocycles. The first kappa shape index (κ1) is 18.9. The summed E-state index contributed by atoms with van der Waals surface area (Å²) in [5, 5.41) is 0. The predicted molar refractivity (Wildman–Crippen MR) is 96.2 cm³/mol. The normalized spacial score (nSPS) is 11.9. The molecular weight excluding hydrogens is 341 g/mol. The quantitative estimate of drug-likeness (QED) is 0.729. The molecule has 0 bridgehead atoms. The van der Waals surface area contributed by atoms with Gasteiger partial charge >= 0.3 is 0 Å². The molecule has 2 aromatic carbocycles. The van der Waals surface area contributed by atoms with Gasteiger partial charge < -0.3 is 0 Å². The van der Waals surface area contributed by atoms with Crippen LogP contribution >= 0.6 is 0 Å². The number of carbonyl (C=O) groups excluding carboxylic acids is 1. The van der Waals surface area contributed by atoms with E-state index in [1.165, 1.54) is 48.7 Å². The van der Waals surface area contributed by atoms with Gasteiger partial charge in [0.05, 0.1) is 10.6 Å². The Hall–Kier alpha value is -2.47. The van der Waals surface area contributed by atoms with E-state index in [4.69, 9.17) is 0 Å². The van der Waals surface area contributed by atoms with Gasteiger partial charge in [-0.25, -0.2) is 17.1 Å². The molecule has 2 rings (SSSR count). The number of carbonyl (C=O) groups is 1. The van der Waals surface area contributed by atoms with Gasteiger partial charge in [0.15, 0.2) is 5.78 Å². The van der Waals surface area contributed by atoms with E-state index in [9.17, 15) is 17.6 Å². The van der Waals surface area contributed by atoms with Gasteiger partial charge in [-0.05, 0) is 49.4 Å². The summed E-state index contributed by atoms with van der Waals surface area (Å²) < 4.78 is 40.1. The van der Waals surface area contributed by atoms with E-state index in [1.807, 2.05) is 6.92 Å². The second kappa shape index (κ2) is 7.61. The van der Waals surface area contributed by atoms with Crippen LogP contribution in [0.5, 0.6) is 0 Å². The minimum absolute atomic E-state index is 0.0871. The van der Waals surface area contributed by atoms with Crippen molar-refractivity contribution in [1.29, 1.82) is 0 Å². The van der Waals surface area contributed by atoms with Gasteiger partial charge in [0, 0.05) is 12.1 Å². The van der Waals surface area contributed by atoms with E-state index in [-0.39, 0.29) is 22.3 Å². The van der Waals surface area contributed by atoms with Gasteiger partial charge in [0.1, 0.15) is 5.82 Å². The maximum atomic E-state index is 13.2. The lowest BCUT2D eigenvalue weighted by Gasteiger charge is -2.21. The third-order valence-corrected chi connectivity index (χ3v) is 5.32. The van der Waals surface area contributed by atoms with Crippen molar-refractivity contribution in [3.8, 4) is 0 Å². The molecule has 0 aromatic heterocycles. The fourth-order valence-electron chi connectivity index (χ4n) is 2.05. The molecular formula is C19H20FNO3S. The molecule has 0 aliphatic carbocycles. The zero-order valence-corrected chi connectivity index (χ0v) is 15.1. The van der Waals surface area contributed by atoms with Crippen molar-refractivity contribution in [1.82, 2.24) is 0 Å². The molecule has 132 valence electrons. The zero-order chi connectivity index (χ0) is 18.6. The van der Waals surface area contributed by atoms with Crippen LogP contribution in [0.1, 0.15) is 19.4 Å². The van der Waals surface area contributed by atoms with Crippen LogP contribution in [0.2, 0.25) is 0 Å². The van der Waals surface area contributed by atoms with Crippen LogP contribution in [-0.2, 0) is 14.8 Å². The van der Waals surface area contributed by atoms with E-state index < -0.39 is 15.8 Å². The molecule has 0 heterocycles. The molecule has 2 aromatic rings. The fourth-order valence-corrected chi connectivity index (χ4v) is 3.38. The Kier molecular flexibility index (Phi) is 5.74.